The molecule has 0 aliphatic carbocycles. The number of aromatic nitrogens is 4. The number of aromatic amines is 2. The van der Waals surface area contributed by atoms with Crippen LogP contribution in [0.25, 0.3) is 22.1 Å². The highest BCUT2D eigenvalue weighted by Gasteiger charge is 1.89. The first-order chi connectivity index (χ1) is 9.93. The van der Waals surface area contributed by atoms with Crippen LogP contribution in [0.1, 0.15) is 16.7 Å². The fourth-order valence-corrected chi connectivity index (χ4v) is 1.76. The lowest BCUT2D eigenvalue weighted by Crippen LogP contribution is -1.70. The molecule has 1 aromatic carbocycles. The first-order valence-electron chi connectivity index (χ1n) is 6.70. The van der Waals surface area contributed by atoms with E-state index >= 15 is 0 Å². The van der Waals surface area contributed by atoms with Gasteiger partial charge in [0.05, 0.1) is 17.4 Å². The quantitative estimate of drug-likeness (QED) is 0.489. The Hall–Kier alpha value is -2.62. The molecule has 4 aromatic rings. The Labute approximate surface area is 120 Å². The summed E-state index contributed by atoms with van der Waals surface area (Å²) in [5, 5.41) is 1.16. The van der Waals surface area contributed by atoms with Crippen molar-refractivity contribution in [1.82, 2.24) is 19.9 Å². The molecule has 0 radical (unpaired) electrons. The molecule has 0 bridgehead atoms. The zero-order chi connectivity index (χ0) is 14.2. The zero-order valence-corrected chi connectivity index (χ0v) is 11.7. The minimum absolute atomic E-state index is 0. The van der Waals surface area contributed by atoms with Crippen LogP contribution in [0.2, 0.25) is 0 Å². The third-order valence-electron chi connectivity index (χ3n) is 2.65. The van der Waals surface area contributed by atoms with Gasteiger partial charge in [0.2, 0.25) is 0 Å². The molecule has 3 heterocycles. The van der Waals surface area contributed by atoms with Crippen LogP contribution >= 0.6 is 0 Å². The molecule has 0 amide bonds. The average Bonchev–Trinajstić information content (AvgIpc) is 3.18. The highest BCUT2D eigenvalue weighted by molar-refractivity contribution is 5.74. The minimum atomic E-state index is 0. The first-order valence-corrected chi connectivity index (χ1v) is 6.70. The van der Waals surface area contributed by atoms with Gasteiger partial charge < -0.3 is 9.97 Å². The number of nitrogens with zero attached hydrogens (tertiary/aromatic N) is 2. The van der Waals surface area contributed by atoms with Crippen LogP contribution in [0.4, 0.5) is 0 Å². The van der Waals surface area contributed by atoms with E-state index in [1.54, 1.807) is 12.5 Å². The maximum absolute atomic E-state index is 4.09. The van der Waals surface area contributed by atoms with E-state index in [1.165, 1.54) is 0 Å². The van der Waals surface area contributed by atoms with Crippen LogP contribution in [-0.4, -0.2) is 19.9 Å². The van der Waals surface area contributed by atoms with E-state index in [4.69, 9.17) is 0 Å². The molecule has 3 aromatic heterocycles. The zero-order valence-electron chi connectivity index (χ0n) is 11.7. The molecule has 0 aliphatic heterocycles. The summed E-state index contributed by atoms with van der Waals surface area (Å²) in [6, 6.07) is 13.9. The molecular weight excluding hydrogens is 248 g/mol. The Morgan fingerprint density at radius 3 is 2.55 bits per heavy atom. The molecule has 0 spiro atoms. The standard InChI is InChI=1S/2C7H6N2.C2H6.2H2/c1-2-6-3-5-9-7(6)8-4-1;1-2-4-7-6(3-1)8-5-9-7;1-2;;/h2*1-5H,(H,8,9);1-2H3;2*1H. The van der Waals surface area contributed by atoms with Gasteiger partial charge in [-0.25, -0.2) is 9.97 Å². The minimum Gasteiger partial charge on any atom is -0.346 e. The van der Waals surface area contributed by atoms with Crippen LogP contribution in [0.15, 0.2) is 61.2 Å². The van der Waals surface area contributed by atoms with Gasteiger partial charge in [0, 0.05) is 20.6 Å². The van der Waals surface area contributed by atoms with E-state index in [-0.39, 0.29) is 2.85 Å². The molecule has 0 saturated carbocycles. The molecule has 4 heteroatoms. The Morgan fingerprint density at radius 1 is 0.900 bits per heavy atom. The number of H-pyrrole nitrogens is 2. The Morgan fingerprint density at radius 2 is 1.75 bits per heavy atom. The molecule has 0 unspecified atom stereocenters. The van der Waals surface area contributed by atoms with Gasteiger partial charge in [-0.1, -0.05) is 26.0 Å². The predicted octanol–water partition coefficient (Wildman–Crippen LogP) is 4.64. The third kappa shape index (κ3) is 3.23. The molecule has 20 heavy (non-hydrogen) atoms. The number of para-hydroxylation sites is 2. The molecular formula is C16H22N4. The van der Waals surface area contributed by atoms with Crippen LogP contribution in [-0.2, 0) is 0 Å². The van der Waals surface area contributed by atoms with Gasteiger partial charge in [-0.05, 0) is 30.3 Å². The highest BCUT2D eigenvalue weighted by Crippen LogP contribution is 2.06. The van der Waals surface area contributed by atoms with E-state index in [1.807, 2.05) is 62.5 Å². The molecule has 4 nitrogen and oxygen atoms in total. The highest BCUT2D eigenvalue weighted by atomic mass is 14.9. The van der Waals surface area contributed by atoms with Gasteiger partial charge in [-0.3, -0.25) is 0 Å². The summed E-state index contributed by atoms with van der Waals surface area (Å²) in [6.45, 7) is 4.00. The van der Waals surface area contributed by atoms with E-state index in [0.717, 1.165) is 22.1 Å². The number of pyridine rings is 1. The molecule has 0 atom stereocenters. The summed E-state index contributed by atoms with van der Waals surface area (Å²) < 4.78 is 0. The van der Waals surface area contributed by atoms with Crippen molar-refractivity contribution in [1.29, 1.82) is 0 Å². The van der Waals surface area contributed by atoms with Crippen molar-refractivity contribution in [2.75, 3.05) is 0 Å². The fourth-order valence-electron chi connectivity index (χ4n) is 1.76. The predicted molar refractivity (Wildman–Crippen MR) is 87.8 cm³/mol. The van der Waals surface area contributed by atoms with Crippen molar-refractivity contribution in [3.05, 3.63) is 61.2 Å². The summed E-state index contributed by atoms with van der Waals surface area (Å²) in [6.07, 6.45) is 5.36. The fraction of sp³-hybridized carbons (Fsp3) is 0.125. The van der Waals surface area contributed by atoms with Crippen LogP contribution < -0.4 is 0 Å². The van der Waals surface area contributed by atoms with Crippen molar-refractivity contribution < 1.29 is 2.85 Å². The van der Waals surface area contributed by atoms with Gasteiger partial charge in [-0.2, -0.15) is 0 Å². The SMILES string of the molecule is CC.[HH].[HH].c1ccc2[nH]cnc2c1.c1cnc2[nH]ccc2c1. The normalized spacial score (nSPS) is 9.50. The number of hydrogen-bond donors (Lipinski definition) is 2. The lowest BCUT2D eigenvalue weighted by molar-refractivity contribution is 1.33. The lowest BCUT2D eigenvalue weighted by Gasteiger charge is -1.82. The van der Waals surface area contributed by atoms with Crippen LogP contribution in [0.5, 0.6) is 0 Å². The summed E-state index contributed by atoms with van der Waals surface area (Å²) in [5.74, 6) is 0. The second kappa shape index (κ2) is 7.09. The summed E-state index contributed by atoms with van der Waals surface area (Å²) in [5.41, 5.74) is 3.08. The smallest absolute Gasteiger partial charge is 0.137 e. The molecule has 2 N–H and O–H groups in total. The van der Waals surface area contributed by atoms with Gasteiger partial charge in [-0.15, -0.1) is 0 Å². The second-order valence-corrected chi connectivity index (χ2v) is 3.84. The number of hydrogen-bond acceptors (Lipinski definition) is 2. The summed E-state index contributed by atoms with van der Waals surface area (Å²) in [7, 11) is 0. The monoisotopic (exact) mass is 270 g/mol. The summed E-state index contributed by atoms with van der Waals surface area (Å²) >= 11 is 0. The molecule has 106 valence electrons. The van der Waals surface area contributed by atoms with Gasteiger partial charge in [0.1, 0.15) is 5.65 Å². The maximum Gasteiger partial charge on any atom is 0.137 e. The number of benzene rings is 1. The van der Waals surface area contributed by atoms with Gasteiger partial charge in [0.25, 0.3) is 0 Å². The van der Waals surface area contributed by atoms with Crippen molar-refractivity contribution in [3.8, 4) is 0 Å². The summed E-state index contributed by atoms with van der Waals surface area (Å²) in [4.78, 5) is 14.2. The second-order valence-electron chi connectivity index (χ2n) is 3.84. The van der Waals surface area contributed by atoms with Crippen LogP contribution in [0.3, 0.4) is 0 Å². The molecule has 0 saturated heterocycles. The number of fused-ring (bicyclic) bond motifs is 2. The van der Waals surface area contributed by atoms with Crippen molar-refractivity contribution >= 4 is 22.1 Å². The molecule has 0 aliphatic rings. The van der Waals surface area contributed by atoms with E-state index < -0.39 is 0 Å². The topological polar surface area (TPSA) is 57.4 Å². The van der Waals surface area contributed by atoms with Crippen molar-refractivity contribution in [2.24, 2.45) is 0 Å². The van der Waals surface area contributed by atoms with Crippen molar-refractivity contribution in [2.45, 2.75) is 13.8 Å². The number of imidazole rings is 1. The number of nitrogens with one attached hydrogen (secondary N) is 2. The Bertz CT molecular complexity index is 638. The average molecular weight is 270 g/mol. The van der Waals surface area contributed by atoms with Crippen LogP contribution in [0, 0.1) is 0 Å². The van der Waals surface area contributed by atoms with E-state index in [2.05, 4.69) is 19.9 Å². The largest absolute Gasteiger partial charge is 0.346 e. The molecule has 4 rings (SSSR count). The first kappa shape index (κ1) is 13.8. The number of rotatable bonds is 0. The Balaban J connectivity index is 0.000000334. The van der Waals surface area contributed by atoms with Gasteiger partial charge in [0.15, 0.2) is 0 Å². The van der Waals surface area contributed by atoms with E-state index in [9.17, 15) is 0 Å². The van der Waals surface area contributed by atoms with Crippen molar-refractivity contribution in [3.63, 3.8) is 0 Å². The maximum atomic E-state index is 4.09. The molecule has 0 fully saturated rings. The Kier molecular flexibility index (Phi) is 4.89. The van der Waals surface area contributed by atoms with Gasteiger partial charge >= 0.3 is 0 Å². The third-order valence-corrected chi connectivity index (χ3v) is 2.65. The lowest BCUT2D eigenvalue weighted by atomic mass is 10.3. The van der Waals surface area contributed by atoms with E-state index in [0.29, 0.717) is 0 Å².